The molecule has 0 aliphatic carbocycles. The van der Waals surface area contributed by atoms with Gasteiger partial charge in [-0.3, -0.25) is 9.36 Å². The van der Waals surface area contributed by atoms with Crippen molar-refractivity contribution in [1.82, 2.24) is 9.13 Å². The van der Waals surface area contributed by atoms with Crippen LogP contribution in [0.1, 0.15) is 11.3 Å². The summed E-state index contributed by atoms with van der Waals surface area (Å²) in [7, 11) is 0.789. The molecule has 1 aromatic carbocycles. The Morgan fingerprint density at radius 3 is 2.38 bits per heavy atom. The van der Waals surface area contributed by atoms with Gasteiger partial charge in [-0.2, -0.15) is 24.0 Å². The van der Waals surface area contributed by atoms with Gasteiger partial charge in [0.1, 0.15) is 23.3 Å². The van der Waals surface area contributed by atoms with Crippen LogP contribution in [0.25, 0.3) is 5.69 Å². The van der Waals surface area contributed by atoms with E-state index in [1.54, 1.807) is 6.07 Å². The predicted molar refractivity (Wildman–Crippen MR) is 71.0 cm³/mol. The number of hydrogen-bond donors (Lipinski definition) is 1. The minimum atomic E-state index is -4.94. The number of rotatable bonds is 2. The maximum absolute atomic E-state index is 14.1. The van der Waals surface area contributed by atoms with Crippen LogP contribution in [0, 0.1) is 17.1 Å². The van der Waals surface area contributed by atoms with Crippen LogP contribution in [-0.2, 0) is 13.2 Å². The van der Waals surface area contributed by atoms with Crippen LogP contribution in [0.2, 0.25) is 0 Å². The van der Waals surface area contributed by atoms with E-state index in [4.69, 9.17) is 10.8 Å². The number of halogens is 4. The van der Waals surface area contributed by atoms with Crippen molar-refractivity contribution in [3.63, 3.8) is 0 Å². The minimum absolute atomic E-state index is 0.165. The van der Waals surface area contributed by atoms with E-state index in [0.29, 0.717) is 6.07 Å². The van der Waals surface area contributed by atoms with Gasteiger partial charge in [-0.25, -0.2) is 13.8 Å². The lowest BCUT2D eigenvalue weighted by Gasteiger charge is -2.14. The molecule has 0 aliphatic rings. The summed E-state index contributed by atoms with van der Waals surface area (Å²) in [4.78, 5) is 24.0. The smallest absolute Gasteiger partial charge is 0.292 e. The quantitative estimate of drug-likeness (QED) is 0.631. The number of nitrogens with zero attached hydrogens (tertiary/aromatic N) is 4. The summed E-state index contributed by atoms with van der Waals surface area (Å²) in [5.41, 5.74) is -0.415. The average molecular weight is 342 g/mol. The summed E-state index contributed by atoms with van der Waals surface area (Å²) < 4.78 is 52.8. The van der Waals surface area contributed by atoms with Gasteiger partial charge < -0.3 is 0 Å². The largest absolute Gasteiger partial charge is 0.431 e. The Morgan fingerprint density at radius 1 is 1.25 bits per heavy atom. The molecule has 0 unspecified atom stereocenters. The summed E-state index contributed by atoms with van der Waals surface area (Å²) in [5, 5.41) is 12.0. The molecule has 0 amide bonds. The van der Waals surface area contributed by atoms with Crippen LogP contribution >= 0.6 is 0 Å². The Hall–Kier alpha value is -3.29. The van der Waals surface area contributed by atoms with Crippen LogP contribution in [0.5, 0.6) is 0 Å². The molecule has 1 aromatic heterocycles. The lowest BCUT2D eigenvalue weighted by Crippen LogP contribution is -2.41. The molecule has 11 heteroatoms. The lowest BCUT2D eigenvalue weighted by atomic mass is 10.1. The molecule has 0 saturated carbocycles. The fourth-order valence-electron chi connectivity index (χ4n) is 2.04. The molecular weight excluding hydrogens is 334 g/mol. The van der Waals surface area contributed by atoms with E-state index in [1.807, 2.05) is 0 Å². The highest BCUT2D eigenvalue weighted by molar-refractivity contribution is 5.58. The zero-order valence-electron chi connectivity index (χ0n) is 11.9. The third kappa shape index (κ3) is 2.69. The van der Waals surface area contributed by atoms with E-state index >= 15 is 0 Å². The highest BCUT2D eigenvalue weighted by atomic mass is 19.4. The topological polar surface area (TPSA) is 106 Å². The van der Waals surface area contributed by atoms with Crippen molar-refractivity contribution in [2.45, 2.75) is 6.18 Å². The SMILES string of the molecule is Cn1c(C(F)(F)F)cc(=O)n(-c2cc(N=[NH2+])c(C#N)cc2F)c1=O. The number of nitrogens with two attached hydrogens (primary N) is 1. The predicted octanol–water partition coefficient (Wildman–Crippen LogP) is 0.409. The molecule has 0 atom stereocenters. The second kappa shape index (κ2) is 5.73. The number of nitriles is 1. The average Bonchev–Trinajstić information content (AvgIpc) is 2.50. The molecule has 24 heavy (non-hydrogen) atoms. The number of aromatic nitrogens is 2. The third-order valence-electron chi connectivity index (χ3n) is 3.18. The van der Waals surface area contributed by atoms with Crippen molar-refractivity contribution < 1.29 is 23.1 Å². The van der Waals surface area contributed by atoms with Gasteiger partial charge in [0.25, 0.3) is 5.56 Å². The molecular formula is C13H8F4N5O2+. The van der Waals surface area contributed by atoms with E-state index in [0.717, 1.165) is 13.1 Å². The minimum Gasteiger partial charge on any atom is -0.292 e. The van der Waals surface area contributed by atoms with Gasteiger partial charge >= 0.3 is 11.9 Å². The van der Waals surface area contributed by atoms with Crippen molar-refractivity contribution in [2.75, 3.05) is 0 Å². The molecule has 0 bridgehead atoms. The maximum Gasteiger partial charge on any atom is 0.431 e. The molecule has 0 saturated heterocycles. The Balaban J connectivity index is 2.88. The highest BCUT2D eigenvalue weighted by Crippen LogP contribution is 2.27. The summed E-state index contributed by atoms with van der Waals surface area (Å²) in [5.74, 6) is -1.17. The number of hydrogen-bond acceptors (Lipinski definition) is 4. The number of benzene rings is 1. The van der Waals surface area contributed by atoms with Gasteiger partial charge in [-0.1, -0.05) is 0 Å². The van der Waals surface area contributed by atoms with Crippen molar-refractivity contribution in [2.24, 2.45) is 12.2 Å². The summed E-state index contributed by atoms with van der Waals surface area (Å²) in [6.07, 6.45) is -4.94. The van der Waals surface area contributed by atoms with Gasteiger partial charge in [0.05, 0.1) is 11.3 Å². The first-order valence-electron chi connectivity index (χ1n) is 6.17. The Labute approximate surface area is 130 Å². The van der Waals surface area contributed by atoms with Crippen molar-refractivity contribution >= 4 is 5.69 Å². The van der Waals surface area contributed by atoms with Crippen LogP contribution in [0.3, 0.4) is 0 Å². The lowest BCUT2D eigenvalue weighted by molar-refractivity contribution is -0.210. The van der Waals surface area contributed by atoms with E-state index in [2.05, 4.69) is 5.11 Å². The van der Waals surface area contributed by atoms with E-state index in [1.165, 1.54) is 0 Å². The second-order valence-electron chi connectivity index (χ2n) is 4.60. The van der Waals surface area contributed by atoms with E-state index in [-0.39, 0.29) is 26.5 Å². The maximum atomic E-state index is 14.1. The zero-order chi connectivity index (χ0) is 18.2. The van der Waals surface area contributed by atoms with Gasteiger partial charge in [0, 0.05) is 13.1 Å². The Kier molecular flexibility index (Phi) is 4.07. The normalized spacial score (nSPS) is 11.2. The monoisotopic (exact) mass is 342 g/mol. The molecule has 0 fully saturated rings. The fourth-order valence-corrected chi connectivity index (χ4v) is 2.04. The summed E-state index contributed by atoms with van der Waals surface area (Å²) in [6, 6.07) is 3.26. The van der Waals surface area contributed by atoms with Gasteiger partial charge in [0.15, 0.2) is 0 Å². The molecule has 2 aromatic rings. The van der Waals surface area contributed by atoms with E-state index < -0.39 is 34.6 Å². The molecule has 7 nitrogen and oxygen atoms in total. The Morgan fingerprint density at radius 2 is 1.88 bits per heavy atom. The molecule has 124 valence electrons. The van der Waals surface area contributed by atoms with Crippen molar-refractivity contribution in [3.8, 4) is 11.8 Å². The van der Waals surface area contributed by atoms with Gasteiger partial charge in [-0.15, -0.1) is 0 Å². The van der Waals surface area contributed by atoms with Gasteiger partial charge in [-0.05, 0) is 17.2 Å². The molecule has 2 N–H and O–H groups in total. The first kappa shape index (κ1) is 17.1. The van der Waals surface area contributed by atoms with Gasteiger partial charge in [0.2, 0.25) is 0 Å². The van der Waals surface area contributed by atoms with Crippen molar-refractivity contribution in [1.29, 1.82) is 5.26 Å². The molecule has 0 aliphatic heterocycles. The van der Waals surface area contributed by atoms with Crippen LogP contribution in [-0.4, -0.2) is 9.13 Å². The highest BCUT2D eigenvalue weighted by Gasteiger charge is 2.35. The molecule has 1 heterocycles. The second-order valence-corrected chi connectivity index (χ2v) is 4.60. The first-order chi connectivity index (χ1) is 11.1. The first-order valence-corrected chi connectivity index (χ1v) is 6.17. The fraction of sp³-hybridized carbons (Fsp3) is 0.154. The van der Waals surface area contributed by atoms with Crippen molar-refractivity contribution in [3.05, 3.63) is 56.1 Å². The van der Waals surface area contributed by atoms with Crippen LogP contribution in [0.4, 0.5) is 23.2 Å². The van der Waals surface area contributed by atoms with E-state index in [9.17, 15) is 27.2 Å². The number of alkyl halides is 3. The standard InChI is InChI=1S/C13H7F4N5O2/c1-21-10(13(15,16)17)4-11(23)22(12(21)24)9-3-8(20-19)6(5-18)2-7(9)14/h2-4,19H,1H3/p+1. The Bertz CT molecular complexity index is 998. The zero-order valence-corrected chi connectivity index (χ0v) is 11.9. The summed E-state index contributed by atoms with van der Waals surface area (Å²) in [6.45, 7) is 0. The van der Waals surface area contributed by atoms with Crippen LogP contribution < -0.4 is 16.8 Å². The summed E-state index contributed by atoms with van der Waals surface area (Å²) >= 11 is 0. The molecule has 2 rings (SSSR count). The molecule has 0 spiro atoms. The molecule has 0 radical (unpaired) electrons. The van der Waals surface area contributed by atoms with Crippen LogP contribution in [0.15, 0.2) is 32.9 Å². The third-order valence-corrected chi connectivity index (χ3v) is 3.18.